The molecule has 3 aromatic heterocycles. The van der Waals surface area contributed by atoms with Gasteiger partial charge in [0, 0.05) is 18.4 Å². The number of nitrogens with zero attached hydrogens (tertiary/aromatic N) is 5. The van der Waals surface area contributed by atoms with E-state index in [1.165, 1.54) is 38.8 Å². The van der Waals surface area contributed by atoms with Gasteiger partial charge in [-0.15, -0.1) is 0 Å². The van der Waals surface area contributed by atoms with E-state index in [2.05, 4.69) is 25.6 Å². The standard InChI is InChI=1S/C23H20F3N7O/c24-23(25,26)18-2-1-3-19(30-18)33-20-17(21(34)32(33)16-6-7-16)12-28-22(31-20)29-15-5-4-14-11-27-9-8-13(14)10-15/h1-5,10,12,16,27H,6-9,11H2,(H,28,29,31). The monoisotopic (exact) mass is 467 g/mol. The molecule has 4 heterocycles. The Morgan fingerprint density at radius 1 is 1.09 bits per heavy atom. The minimum atomic E-state index is -4.60. The van der Waals surface area contributed by atoms with E-state index in [0.717, 1.165) is 44.1 Å². The lowest BCUT2D eigenvalue weighted by Crippen LogP contribution is -2.23. The summed E-state index contributed by atoms with van der Waals surface area (Å²) in [4.78, 5) is 25.7. The van der Waals surface area contributed by atoms with E-state index in [4.69, 9.17) is 0 Å². The summed E-state index contributed by atoms with van der Waals surface area (Å²) in [5.74, 6) is 0.231. The van der Waals surface area contributed by atoms with Crippen molar-refractivity contribution in [3.63, 3.8) is 0 Å². The Bertz CT molecular complexity index is 1470. The molecule has 2 aliphatic rings. The van der Waals surface area contributed by atoms with E-state index in [9.17, 15) is 18.0 Å². The Balaban J connectivity index is 1.46. The summed E-state index contributed by atoms with van der Waals surface area (Å²) in [6.45, 7) is 1.73. The van der Waals surface area contributed by atoms with Crippen LogP contribution in [0.25, 0.3) is 16.9 Å². The van der Waals surface area contributed by atoms with Gasteiger partial charge in [0.25, 0.3) is 5.56 Å². The van der Waals surface area contributed by atoms with Crippen molar-refractivity contribution in [1.82, 2.24) is 29.6 Å². The molecule has 11 heteroatoms. The van der Waals surface area contributed by atoms with E-state index in [1.54, 1.807) is 0 Å². The highest BCUT2D eigenvalue weighted by Gasteiger charge is 2.34. The third kappa shape index (κ3) is 3.61. The molecule has 1 aliphatic carbocycles. The molecule has 8 nitrogen and oxygen atoms in total. The lowest BCUT2D eigenvalue weighted by atomic mass is 10.0. The highest BCUT2D eigenvalue weighted by Crippen LogP contribution is 2.36. The summed E-state index contributed by atoms with van der Waals surface area (Å²) in [6.07, 6.45) is -0.753. The van der Waals surface area contributed by atoms with Crippen LogP contribution in [0.1, 0.15) is 35.7 Å². The smallest absolute Gasteiger partial charge is 0.324 e. The molecule has 6 rings (SSSR count). The number of hydrogen-bond acceptors (Lipinski definition) is 6. The van der Waals surface area contributed by atoms with Crippen LogP contribution in [-0.4, -0.2) is 30.9 Å². The Morgan fingerprint density at radius 3 is 2.74 bits per heavy atom. The van der Waals surface area contributed by atoms with Crippen LogP contribution in [0.4, 0.5) is 24.8 Å². The number of nitrogens with one attached hydrogen (secondary N) is 2. The zero-order valence-electron chi connectivity index (χ0n) is 17.9. The highest BCUT2D eigenvalue weighted by atomic mass is 19.4. The predicted octanol–water partition coefficient (Wildman–Crippen LogP) is 3.72. The molecule has 4 aromatic rings. The average Bonchev–Trinajstić information content (AvgIpc) is 3.62. The molecule has 174 valence electrons. The van der Waals surface area contributed by atoms with E-state index < -0.39 is 11.9 Å². The normalized spacial score (nSPS) is 16.0. The Morgan fingerprint density at radius 2 is 1.94 bits per heavy atom. The maximum atomic E-state index is 13.3. The fourth-order valence-corrected chi connectivity index (χ4v) is 4.31. The maximum absolute atomic E-state index is 13.3. The molecule has 2 N–H and O–H groups in total. The van der Waals surface area contributed by atoms with Crippen molar-refractivity contribution < 1.29 is 13.2 Å². The van der Waals surface area contributed by atoms with Crippen molar-refractivity contribution >= 4 is 22.7 Å². The molecule has 0 spiro atoms. The average molecular weight is 467 g/mol. The summed E-state index contributed by atoms with van der Waals surface area (Å²) in [5, 5.41) is 6.73. The number of anilines is 2. The first kappa shape index (κ1) is 20.8. The van der Waals surface area contributed by atoms with Crippen LogP contribution in [0, 0.1) is 0 Å². The number of alkyl halides is 3. The second-order valence-corrected chi connectivity index (χ2v) is 8.54. The Hall–Kier alpha value is -3.73. The minimum absolute atomic E-state index is 0.0141. The second kappa shape index (κ2) is 7.66. The predicted molar refractivity (Wildman–Crippen MR) is 119 cm³/mol. The summed E-state index contributed by atoms with van der Waals surface area (Å²) in [6, 6.07) is 9.53. The third-order valence-corrected chi connectivity index (χ3v) is 6.11. The lowest BCUT2D eigenvalue weighted by molar-refractivity contribution is -0.141. The van der Waals surface area contributed by atoms with Crippen LogP contribution >= 0.6 is 0 Å². The van der Waals surface area contributed by atoms with Crippen molar-refractivity contribution in [1.29, 1.82) is 0 Å². The molecule has 34 heavy (non-hydrogen) atoms. The zero-order valence-corrected chi connectivity index (χ0v) is 17.9. The van der Waals surface area contributed by atoms with Gasteiger partial charge in [0.2, 0.25) is 5.95 Å². The van der Waals surface area contributed by atoms with Crippen molar-refractivity contribution in [2.24, 2.45) is 0 Å². The number of aromatic nitrogens is 5. The number of rotatable bonds is 4. The van der Waals surface area contributed by atoms with Gasteiger partial charge in [-0.1, -0.05) is 12.1 Å². The molecule has 0 saturated heterocycles. The first-order valence-corrected chi connectivity index (χ1v) is 11.0. The molecule has 0 radical (unpaired) electrons. The van der Waals surface area contributed by atoms with Crippen LogP contribution in [0.3, 0.4) is 0 Å². The summed E-state index contributed by atoms with van der Waals surface area (Å²) >= 11 is 0. The fraction of sp³-hybridized carbons (Fsp3) is 0.304. The van der Waals surface area contributed by atoms with Crippen LogP contribution in [-0.2, 0) is 19.1 Å². The molecule has 1 fully saturated rings. The molecule has 0 amide bonds. The number of fused-ring (bicyclic) bond motifs is 2. The molecular formula is C23H20F3N7O. The van der Waals surface area contributed by atoms with Gasteiger partial charge in [-0.25, -0.2) is 19.3 Å². The van der Waals surface area contributed by atoms with Gasteiger partial charge in [-0.05, 0) is 61.2 Å². The quantitative estimate of drug-likeness (QED) is 0.476. The van der Waals surface area contributed by atoms with Gasteiger partial charge < -0.3 is 10.6 Å². The van der Waals surface area contributed by atoms with E-state index in [-0.39, 0.29) is 34.4 Å². The van der Waals surface area contributed by atoms with Crippen molar-refractivity contribution in [3.8, 4) is 5.82 Å². The molecular weight excluding hydrogens is 447 g/mol. The van der Waals surface area contributed by atoms with Gasteiger partial charge in [0.1, 0.15) is 11.1 Å². The molecule has 0 bridgehead atoms. The highest BCUT2D eigenvalue weighted by molar-refractivity contribution is 5.77. The first-order chi connectivity index (χ1) is 16.4. The van der Waals surface area contributed by atoms with Crippen LogP contribution < -0.4 is 16.2 Å². The topological polar surface area (TPSA) is 89.7 Å². The summed E-state index contributed by atoms with van der Waals surface area (Å²) in [7, 11) is 0. The molecule has 1 saturated carbocycles. The van der Waals surface area contributed by atoms with Gasteiger partial charge in [-0.3, -0.25) is 4.79 Å². The molecule has 1 aromatic carbocycles. The number of pyridine rings is 1. The lowest BCUT2D eigenvalue weighted by Gasteiger charge is -2.18. The number of hydrogen-bond donors (Lipinski definition) is 2. The molecule has 0 unspecified atom stereocenters. The van der Waals surface area contributed by atoms with E-state index in [1.807, 2.05) is 18.2 Å². The van der Waals surface area contributed by atoms with Crippen molar-refractivity contribution in [2.45, 2.75) is 38.0 Å². The van der Waals surface area contributed by atoms with Crippen LogP contribution in [0.2, 0.25) is 0 Å². The Labute approximate surface area is 191 Å². The van der Waals surface area contributed by atoms with E-state index in [0.29, 0.717) is 0 Å². The summed E-state index contributed by atoms with van der Waals surface area (Å²) in [5.41, 5.74) is 2.10. The van der Waals surface area contributed by atoms with Crippen LogP contribution in [0.5, 0.6) is 0 Å². The maximum Gasteiger partial charge on any atom is 0.433 e. The second-order valence-electron chi connectivity index (χ2n) is 8.54. The molecule has 1 aliphatic heterocycles. The van der Waals surface area contributed by atoms with Crippen molar-refractivity contribution in [3.05, 3.63) is 69.8 Å². The summed E-state index contributed by atoms with van der Waals surface area (Å²) < 4.78 is 42.8. The SMILES string of the molecule is O=c1c2cnc(Nc3ccc4c(c3)CCNC4)nc2n(-c2cccc(C(F)(F)F)n2)n1C1CC1. The van der Waals surface area contributed by atoms with Crippen LogP contribution in [0.15, 0.2) is 47.4 Å². The number of halogens is 3. The van der Waals surface area contributed by atoms with Gasteiger partial charge in [0.05, 0.1) is 6.04 Å². The first-order valence-electron chi connectivity index (χ1n) is 11.0. The Kier molecular flexibility index (Phi) is 4.70. The van der Waals surface area contributed by atoms with E-state index >= 15 is 0 Å². The largest absolute Gasteiger partial charge is 0.433 e. The number of benzene rings is 1. The fourth-order valence-electron chi connectivity index (χ4n) is 4.31. The van der Waals surface area contributed by atoms with Gasteiger partial charge >= 0.3 is 6.18 Å². The van der Waals surface area contributed by atoms with Gasteiger partial charge in [-0.2, -0.15) is 18.2 Å². The minimum Gasteiger partial charge on any atom is -0.324 e. The zero-order chi connectivity index (χ0) is 23.4. The van der Waals surface area contributed by atoms with Crippen molar-refractivity contribution in [2.75, 3.05) is 11.9 Å². The third-order valence-electron chi connectivity index (χ3n) is 6.11. The molecule has 0 atom stereocenters. The van der Waals surface area contributed by atoms with Gasteiger partial charge in [0.15, 0.2) is 11.5 Å².